The number of rotatable bonds is 10. The fourth-order valence-corrected chi connectivity index (χ4v) is 4.36. The van der Waals surface area contributed by atoms with Crippen molar-refractivity contribution in [2.24, 2.45) is 0 Å². The van der Waals surface area contributed by atoms with Gasteiger partial charge in [0.15, 0.2) is 5.82 Å². The van der Waals surface area contributed by atoms with Crippen LogP contribution in [0.1, 0.15) is 62.2 Å². The van der Waals surface area contributed by atoms with Gasteiger partial charge in [-0.2, -0.15) is 0 Å². The predicted octanol–water partition coefficient (Wildman–Crippen LogP) is 4.65. The molecule has 0 saturated heterocycles. The van der Waals surface area contributed by atoms with Gasteiger partial charge in [0.1, 0.15) is 5.82 Å². The summed E-state index contributed by atoms with van der Waals surface area (Å²) < 4.78 is 6.52. The summed E-state index contributed by atoms with van der Waals surface area (Å²) in [6.07, 6.45) is 5.43. The summed E-state index contributed by atoms with van der Waals surface area (Å²) >= 11 is 0. The molecule has 2 heterocycles. The third-order valence-corrected chi connectivity index (χ3v) is 6.31. The Morgan fingerprint density at radius 3 is 2.28 bits per heavy atom. The zero-order valence-electron chi connectivity index (χ0n) is 20.6. The van der Waals surface area contributed by atoms with Crippen LogP contribution in [0.25, 0.3) is 22.5 Å². The predicted molar refractivity (Wildman–Crippen MR) is 145 cm³/mol. The van der Waals surface area contributed by atoms with Crippen molar-refractivity contribution in [3.8, 4) is 22.5 Å². The molecule has 0 bridgehead atoms. The van der Waals surface area contributed by atoms with Crippen molar-refractivity contribution >= 4 is 29.6 Å². The monoisotopic (exact) mass is 496 g/mol. The first kappa shape index (κ1) is 27.8. The zero-order valence-corrected chi connectivity index (χ0v) is 20.6. The zero-order chi connectivity index (χ0) is 24.8. The molecule has 0 saturated carbocycles. The number of hydrogen-bond donors (Lipinski definition) is 1. The minimum atomic E-state index is -0.583. The van der Waals surface area contributed by atoms with Gasteiger partial charge < -0.3 is 0 Å². The molecule has 0 aliphatic heterocycles. The van der Waals surface area contributed by atoms with E-state index in [1.807, 2.05) is 47.9 Å². The summed E-state index contributed by atoms with van der Waals surface area (Å²) in [6.45, 7) is 6.92. The maximum atomic E-state index is 13.5. The normalized spacial score (nSPS) is 10.9. The third kappa shape index (κ3) is 6.33. The molecule has 4 aromatic rings. The molecule has 7 nitrogen and oxygen atoms in total. The van der Waals surface area contributed by atoms with E-state index in [1.54, 1.807) is 0 Å². The van der Waals surface area contributed by atoms with Crippen molar-refractivity contribution in [3.63, 3.8) is 0 Å². The summed E-state index contributed by atoms with van der Waals surface area (Å²) in [6, 6.07) is 15.9. The molecule has 1 N–H and O–H groups in total. The number of hydrogen-bond acceptors (Lipinski definition) is 5. The molecule has 2 aromatic heterocycles. The SMILES string of the molecule is CCCCc1nc(C)n(CCCC)c(=O)c1Cc1ccc(-c2ccccc2-c2noc(=O)[nH]2)cc1.[NaH]. The molecule has 0 aliphatic carbocycles. The average molecular weight is 497 g/mol. The molecular weight excluding hydrogens is 463 g/mol. The van der Waals surface area contributed by atoms with Crippen molar-refractivity contribution in [1.29, 1.82) is 0 Å². The standard InChI is InChI=1S/C28H32N4O3.Na.H/c1-4-6-12-25-24(27(33)32(17-7-5-2)19(3)29-25)18-20-13-15-21(16-14-20)22-10-8-9-11-23(22)26-30-28(34)35-31-26;;/h8-11,13-16H,4-7,12,17-18H2,1-3H3,(H,30,31,34);;. The van der Waals surface area contributed by atoms with E-state index < -0.39 is 5.76 Å². The molecule has 36 heavy (non-hydrogen) atoms. The summed E-state index contributed by atoms with van der Waals surface area (Å²) in [5.74, 6) is 0.616. The molecule has 4 rings (SSSR count). The topological polar surface area (TPSA) is 93.8 Å². The number of benzene rings is 2. The summed E-state index contributed by atoms with van der Waals surface area (Å²) in [7, 11) is 0. The van der Waals surface area contributed by atoms with E-state index in [0.29, 0.717) is 18.8 Å². The summed E-state index contributed by atoms with van der Waals surface area (Å²) in [5.41, 5.74) is 5.58. The second-order valence-electron chi connectivity index (χ2n) is 8.86. The van der Waals surface area contributed by atoms with Crippen LogP contribution >= 0.6 is 0 Å². The van der Waals surface area contributed by atoms with Crippen molar-refractivity contribution in [2.45, 2.75) is 65.8 Å². The van der Waals surface area contributed by atoms with Crippen molar-refractivity contribution in [3.05, 3.63) is 92.1 Å². The summed E-state index contributed by atoms with van der Waals surface area (Å²) in [5, 5.41) is 3.84. The minimum absolute atomic E-state index is 0. The number of aromatic amines is 1. The van der Waals surface area contributed by atoms with Gasteiger partial charge in [-0.1, -0.05) is 80.4 Å². The Morgan fingerprint density at radius 1 is 0.944 bits per heavy atom. The van der Waals surface area contributed by atoms with E-state index >= 15 is 0 Å². The molecule has 184 valence electrons. The third-order valence-electron chi connectivity index (χ3n) is 6.31. The van der Waals surface area contributed by atoms with Crippen LogP contribution in [0.4, 0.5) is 0 Å². The van der Waals surface area contributed by atoms with Gasteiger partial charge in [-0.3, -0.25) is 18.9 Å². The molecule has 0 atom stereocenters. The molecule has 0 amide bonds. The number of unbranched alkanes of at least 4 members (excludes halogenated alkanes) is 2. The van der Waals surface area contributed by atoms with Crippen LogP contribution in [0, 0.1) is 6.92 Å². The van der Waals surface area contributed by atoms with Crippen LogP contribution in [0.2, 0.25) is 0 Å². The van der Waals surface area contributed by atoms with E-state index in [9.17, 15) is 9.59 Å². The second-order valence-corrected chi connectivity index (χ2v) is 8.86. The Bertz CT molecular complexity index is 1400. The van der Waals surface area contributed by atoms with Gasteiger partial charge in [0.2, 0.25) is 0 Å². The van der Waals surface area contributed by atoms with Gasteiger partial charge in [-0.05, 0) is 42.9 Å². The van der Waals surface area contributed by atoms with Crippen molar-refractivity contribution in [2.75, 3.05) is 0 Å². The Labute approximate surface area is 233 Å². The Balaban J connectivity index is 0.00000361. The van der Waals surface area contributed by atoms with Crippen LogP contribution in [-0.4, -0.2) is 49.2 Å². The second kappa shape index (κ2) is 13.0. The van der Waals surface area contributed by atoms with Gasteiger partial charge in [0.25, 0.3) is 5.56 Å². The van der Waals surface area contributed by atoms with Crippen LogP contribution in [0.5, 0.6) is 0 Å². The first-order chi connectivity index (χ1) is 17.0. The van der Waals surface area contributed by atoms with E-state index in [2.05, 4.69) is 40.6 Å². The van der Waals surface area contributed by atoms with Crippen molar-refractivity contribution in [1.82, 2.24) is 19.7 Å². The van der Waals surface area contributed by atoms with E-state index in [0.717, 1.165) is 71.4 Å². The number of nitrogens with one attached hydrogen (secondary N) is 1. The van der Waals surface area contributed by atoms with E-state index in [4.69, 9.17) is 4.98 Å². The molecule has 0 spiro atoms. The van der Waals surface area contributed by atoms with Crippen LogP contribution in [-0.2, 0) is 19.4 Å². The van der Waals surface area contributed by atoms with Crippen molar-refractivity contribution < 1.29 is 4.52 Å². The number of aryl methyl sites for hydroxylation is 2. The van der Waals surface area contributed by atoms with Gasteiger partial charge in [0, 0.05) is 24.1 Å². The molecule has 0 fully saturated rings. The van der Waals surface area contributed by atoms with Gasteiger partial charge in [0.05, 0.1) is 5.69 Å². The van der Waals surface area contributed by atoms with Gasteiger partial charge in [-0.15, -0.1) is 0 Å². The fraction of sp³-hybridized carbons (Fsp3) is 0.357. The Kier molecular flexibility index (Phi) is 10.0. The van der Waals surface area contributed by atoms with Crippen LogP contribution < -0.4 is 11.3 Å². The molecule has 8 heteroatoms. The maximum absolute atomic E-state index is 13.5. The molecular formula is C28H33N4NaO3. The van der Waals surface area contributed by atoms with Gasteiger partial charge >= 0.3 is 35.3 Å². The molecule has 0 radical (unpaired) electrons. The molecule has 0 unspecified atom stereocenters. The first-order valence-corrected chi connectivity index (χ1v) is 12.4. The average Bonchev–Trinajstić information content (AvgIpc) is 3.31. The number of H-pyrrole nitrogens is 1. The van der Waals surface area contributed by atoms with E-state index in [1.165, 1.54) is 0 Å². The van der Waals surface area contributed by atoms with E-state index in [-0.39, 0.29) is 35.1 Å². The summed E-state index contributed by atoms with van der Waals surface area (Å²) in [4.78, 5) is 32.4. The van der Waals surface area contributed by atoms with Crippen LogP contribution in [0.15, 0.2) is 62.6 Å². The number of nitrogens with zero attached hydrogens (tertiary/aromatic N) is 3. The fourth-order valence-electron chi connectivity index (χ4n) is 4.36. The molecule has 0 aliphatic rings. The Morgan fingerprint density at radius 2 is 1.64 bits per heavy atom. The first-order valence-electron chi connectivity index (χ1n) is 12.4. The van der Waals surface area contributed by atoms with Crippen LogP contribution in [0.3, 0.4) is 0 Å². The van der Waals surface area contributed by atoms with Gasteiger partial charge in [-0.25, -0.2) is 9.78 Å². The molecule has 2 aromatic carbocycles. The number of aromatic nitrogens is 4. The quantitative estimate of drug-likeness (QED) is 0.323. The Hall–Kier alpha value is -2.74.